The SMILES string of the molecule is CSCCNc1nc(SCCC(F)(F)F)nc2c1ncn2[C@@H]1O[C@H](COP2(=O)OP(=O)([O-])C(Cl)(Cl)P(=O)([O-])O2)C(O)[C@@H]1O. The molecule has 6 atom stereocenters. The fraction of sp³-hybridized carbons (Fsp3) is 0.706. The number of alkyl halides is 5. The Morgan fingerprint density at radius 3 is 2.42 bits per heavy atom. The molecule has 26 heteroatoms. The van der Waals surface area contributed by atoms with Crippen LogP contribution in [0.3, 0.4) is 0 Å². The van der Waals surface area contributed by atoms with Gasteiger partial charge in [-0.05, 0) is 6.26 Å². The molecule has 4 rings (SSSR count). The molecular formula is C17H21Cl2F3N5O11P3S2-2. The molecule has 0 saturated carbocycles. The van der Waals surface area contributed by atoms with Crippen molar-refractivity contribution >= 4 is 86.7 Å². The number of aliphatic hydroxyl groups is 2. The number of fused-ring (bicyclic) bond motifs is 1. The Labute approximate surface area is 259 Å². The molecule has 0 aliphatic carbocycles. The lowest BCUT2D eigenvalue weighted by Gasteiger charge is -2.47. The van der Waals surface area contributed by atoms with Crippen LogP contribution in [0.1, 0.15) is 12.6 Å². The van der Waals surface area contributed by atoms with Crippen LogP contribution in [0.15, 0.2) is 11.5 Å². The maximum atomic E-state index is 12.7. The van der Waals surface area contributed by atoms with Crippen molar-refractivity contribution in [3.8, 4) is 0 Å². The van der Waals surface area contributed by atoms with Crippen molar-refractivity contribution in [2.45, 2.75) is 46.1 Å². The van der Waals surface area contributed by atoms with E-state index in [9.17, 15) is 46.9 Å². The summed E-state index contributed by atoms with van der Waals surface area (Å²) in [6.45, 7) is -0.621. The Kier molecular flexibility index (Phi) is 10.9. The van der Waals surface area contributed by atoms with Crippen LogP contribution >= 0.6 is 69.7 Å². The molecule has 0 bridgehead atoms. The van der Waals surface area contributed by atoms with Gasteiger partial charge in [0.1, 0.15) is 18.3 Å². The third-order valence-corrected chi connectivity index (χ3v) is 16.2. The first-order valence-corrected chi connectivity index (χ1v) is 19.3. The second-order valence-corrected chi connectivity index (χ2v) is 19.3. The third kappa shape index (κ3) is 7.68. The van der Waals surface area contributed by atoms with Crippen molar-refractivity contribution in [3.63, 3.8) is 0 Å². The van der Waals surface area contributed by atoms with Crippen molar-refractivity contribution in [2.75, 3.05) is 36.2 Å². The molecule has 0 amide bonds. The van der Waals surface area contributed by atoms with Crippen LogP contribution in [0, 0.1) is 0 Å². The van der Waals surface area contributed by atoms with E-state index in [1.165, 1.54) is 11.8 Å². The normalized spacial score (nSPS) is 34.6. The highest BCUT2D eigenvalue weighted by Crippen LogP contribution is 2.87. The second-order valence-electron chi connectivity index (χ2n) is 8.77. The van der Waals surface area contributed by atoms with E-state index in [0.717, 1.165) is 22.7 Å². The van der Waals surface area contributed by atoms with E-state index in [-0.39, 0.29) is 27.9 Å². The van der Waals surface area contributed by atoms with E-state index in [2.05, 4.69) is 28.9 Å². The summed E-state index contributed by atoms with van der Waals surface area (Å²) in [5, 5.41) is 24.2. The quantitative estimate of drug-likeness (QED) is 0.0984. The third-order valence-electron chi connectivity index (χ3n) is 5.70. The van der Waals surface area contributed by atoms with Gasteiger partial charge in [0.05, 0.1) is 19.4 Å². The monoisotopic (exact) mass is 755 g/mol. The number of halogens is 5. The number of rotatable bonds is 11. The van der Waals surface area contributed by atoms with Gasteiger partial charge in [0, 0.05) is 18.1 Å². The molecule has 0 aromatic carbocycles. The van der Waals surface area contributed by atoms with Crippen LogP contribution in [0.5, 0.6) is 0 Å². The number of thioether (sulfide) groups is 2. The number of phosphoric acid groups is 1. The lowest BCUT2D eigenvalue weighted by molar-refractivity contribution is -0.209. The largest absolute Gasteiger partial charge is 0.776 e. The molecule has 2 fully saturated rings. The Balaban J connectivity index is 1.56. The summed E-state index contributed by atoms with van der Waals surface area (Å²) in [7, 11) is -17.0. The van der Waals surface area contributed by atoms with Gasteiger partial charge in [-0.15, -0.1) is 0 Å². The minimum absolute atomic E-state index is 0.000808. The minimum atomic E-state index is -5.80. The number of imidazole rings is 1. The fourth-order valence-corrected chi connectivity index (χ4v) is 11.7. The number of hydrogen-bond acceptors (Lipinski definition) is 17. The zero-order chi connectivity index (χ0) is 32.0. The van der Waals surface area contributed by atoms with Crippen LogP contribution in [-0.2, 0) is 31.6 Å². The molecule has 2 aliphatic rings. The van der Waals surface area contributed by atoms with Gasteiger partial charge < -0.3 is 39.2 Å². The van der Waals surface area contributed by atoms with E-state index in [1.807, 2.05) is 6.26 Å². The number of hydrogen-bond donors (Lipinski definition) is 3. The van der Waals surface area contributed by atoms with Gasteiger partial charge in [-0.25, -0.2) is 28.1 Å². The van der Waals surface area contributed by atoms with Crippen molar-refractivity contribution < 1.29 is 64.7 Å². The first-order chi connectivity index (χ1) is 19.8. The number of ether oxygens (including phenoxy) is 1. The summed E-state index contributed by atoms with van der Waals surface area (Å²) in [5.41, 5.74) is 0.156. The average molecular weight is 756 g/mol. The van der Waals surface area contributed by atoms with Crippen LogP contribution in [0.25, 0.3) is 11.2 Å². The fourth-order valence-electron chi connectivity index (χ4n) is 3.64. The van der Waals surface area contributed by atoms with Gasteiger partial charge in [0.2, 0.25) is 3.82 Å². The van der Waals surface area contributed by atoms with Crippen molar-refractivity contribution in [2.24, 2.45) is 0 Å². The molecule has 0 spiro atoms. The number of nitrogens with zero attached hydrogens (tertiary/aromatic N) is 4. The summed E-state index contributed by atoms with van der Waals surface area (Å²) in [4.78, 5) is 36.8. The molecule has 2 aromatic heterocycles. The summed E-state index contributed by atoms with van der Waals surface area (Å²) in [6, 6.07) is 0. The lowest BCUT2D eigenvalue weighted by atomic mass is 10.1. The average Bonchev–Trinajstić information content (AvgIpc) is 3.41. The maximum absolute atomic E-state index is 12.7. The lowest BCUT2D eigenvalue weighted by Crippen LogP contribution is -2.35. The Hall–Kier alpha value is -0.210. The zero-order valence-corrected chi connectivity index (χ0v) is 27.2. The zero-order valence-electron chi connectivity index (χ0n) is 21.3. The molecule has 244 valence electrons. The van der Waals surface area contributed by atoms with Gasteiger partial charge in [0.25, 0.3) is 0 Å². The standard InChI is InChI=1S/C17H23Cl2F3N5O11P3S2/c1-42-5-3-23-12-9-13(26-15(25-12)43-4-2-16(20,21)22)27(7-24-9)14-11(29)10(28)8(36-14)6-35-41(34)37-39(30,31)17(18,19)40(32,33)38-41/h7-8,10-11,14,28-29H,2-6H2,1H3,(H,30,31)(H,32,33)(H,23,25,26)/p-2/t8-,10?,11+,14-/m1/s1. The van der Waals surface area contributed by atoms with Gasteiger partial charge >= 0.3 is 14.0 Å². The van der Waals surface area contributed by atoms with Crippen molar-refractivity contribution in [1.82, 2.24) is 19.5 Å². The predicted octanol–water partition coefficient (Wildman–Crippen LogP) is 2.63. The van der Waals surface area contributed by atoms with Gasteiger partial charge in [-0.2, -0.15) is 24.9 Å². The van der Waals surface area contributed by atoms with Crippen molar-refractivity contribution in [3.05, 3.63) is 6.33 Å². The predicted molar refractivity (Wildman–Crippen MR) is 145 cm³/mol. The van der Waals surface area contributed by atoms with E-state index in [1.54, 1.807) is 0 Å². The second kappa shape index (κ2) is 13.1. The molecule has 2 saturated heterocycles. The highest BCUT2D eigenvalue weighted by molar-refractivity contribution is 7.99. The van der Waals surface area contributed by atoms with E-state index in [0.29, 0.717) is 12.3 Å². The summed E-state index contributed by atoms with van der Waals surface area (Å²) >= 11 is 12.8. The molecule has 2 aliphatic heterocycles. The highest BCUT2D eigenvalue weighted by atomic mass is 35.5. The number of nitrogens with one attached hydrogen (secondary N) is 1. The van der Waals surface area contributed by atoms with E-state index < -0.39 is 70.6 Å². The van der Waals surface area contributed by atoms with Gasteiger partial charge in [-0.3, -0.25) is 9.09 Å². The van der Waals surface area contributed by atoms with Gasteiger partial charge in [0.15, 0.2) is 43.6 Å². The van der Waals surface area contributed by atoms with Crippen LogP contribution < -0.4 is 15.1 Å². The highest BCUT2D eigenvalue weighted by Gasteiger charge is 2.60. The summed E-state index contributed by atoms with van der Waals surface area (Å²) in [5.74, 6) is 0.446. The molecule has 0 radical (unpaired) electrons. The Morgan fingerprint density at radius 1 is 1.16 bits per heavy atom. The number of aromatic nitrogens is 4. The van der Waals surface area contributed by atoms with Crippen LogP contribution in [0.4, 0.5) is 19.0 Å². The minimum Gasteiger partial charge on any atom is -0.776 e. The molecule has 16 nitrogen and oxygen atoms in total. The molecule has 2 aromatic rings. The molecule has 3 unspecified atom stereocenters. The molecule has 4 heterocycles. The first-order valence-electron chi connectivity index (χ1n) is 11.7. The Bertz CT molecular complexity index is 1460. The molecule has 43 heavy (non-hydrogen) atoms. The number of anilines is 1. The van der Waals surface area contributed by atoms with Crippen molar-refractivity contribution in [1.29, 1.82) is 0 Å². The number of aliphatic hydroxyl groups excluding tert-OH is 2. The summed E-state index contributed by atoms with van der Waals surface area (Å²) < 4.78 is 91.1. The smallest absolute Gasteiger partial charge is 0.484 e. The first kappa shape index (κ1) is 35.6. The molecule has 3 N–H and O–H groups in total. The maximum Gasteiger partial charge on any atom is 0.484 e. The Morgan fingerprint density at radius 2 is 1.81 bits per heavy atom. The topological polar surface area (TPSA) is 230 Å². The molecular weight excluding hydrogens is 735 g/mol. The van der Waals surface area contributed by atoms with Crippen LogP contribution in [0.2, 0.25) is 0 Å². The van der Waals surface area contributed by atoms with Gasteiger partial charge in [-0.1, -0.05) is 35.0 Å². The van der Waals surface area contributed by atoms with E-state index in [4.69, 9.17) is 32.5 Å². The summed E-state index contributed by atoms with van der Waals surface area (Å²) in [6.07, 6.45) is -9.11. The van der Waals surface area contributed by atoms with Crippen LogP contribution in [-0.4, -0.2) is 88.9 Å². The van der Waals surface area contributed by atoms with E-state index >= 15 is 0 Å².